The van der Waals surface area contributed by atoms with Gasteiger partial charge in [-0.15, -0.1) is 11.3 Å². The zero-order valence-electron chi connectivity index (χ0n) is 21.8. The molecule has 0 aliphatic rings. The Morgan fingerprint density at radius 2 is 0.950 bits per heavy atom. The summed E-state index contributed by atoms with van der Waals surface area (Å²) in [6.07, 6.45) is 0. The molecule has 0 N–H and O–H groups in total. The molecule has 1 nitrogen and oxygen atoms in total. The fraction of sp³-hybridized carbons (Fsp3) is 0. The number of rotatable bonds is 4. The molecule has 0 unspecified atom stereocenters. The number of thiophene rings is 1. The van der Waals surface area contributed by atoms with Crippen molar-refractivity contribution in [3.8, 4) is 37.7 Å². The predicted octanol–water partition coefficient (Wildman–Crippen LogP) is 11.0. The molecular weight excluding hydrogens is 502 g/mol. The molecule has 0 aliphatic carbocycles. The maximum Gasteiger partial charge on any atom is 0.0634 e. The molecule has 40 heavy (non-hydrogen) atoms. The summed E-state index contributed by atoms with van der Waals surface area (Å²) in [5.41, 5.74) is 8.66. The van der Waals surface area contributed by atoms with E-state index in [4.69, 9.17) is 0 Å². The zero-order chi connectivity index (χ0) is 26.5. The number of aromatic nitrogens is 1. The van der Waals surface area contributed by atoms with E-state index in [-0.39, 0.29) is 0 Å². The average Bonchev–Trinajstić information content (AvgIpc) is 3.58. The van der Waals surface area contributed by atoms with Crippen LogP contribution in [-0.2, 0) is 0 Å². The average molecular weight is 528 g/mol. The summed E-state index contributed by atoms with van der Waals surface area (Å²) in [6.45, 7) is 0. The van der Waals surface area contributed by atoms with Crippen molar-refractivity contribution in [2.75, 3.05) is 0 Å². The second-order valence-corrected chi connectivity index (χ2v) is 11.1. The van der Waals surface area contributed by atoms with Crippen molar-refractivity contribution >= 4 is 43.9 Å². The first-order valence-electron chi connectivity index (χ1n) is 13.6. The second kappa shape index (κ2) is 9.37. The molecule has 8 aromatic rings. The van der Waals surface area contributed by atoms with Crippen LogP contribution in [0.25, 0.3) is 70.3 Å². The highest BCUT2D eigenvalue weighted by Crippen LogP contribution is 2.50. The van der Waals surface area contributed by atoms with E-state index >= 15 is 0 Å². The topological polar surface area (TPSA) is 4.93 Å². The van der Waals surface area contributed by atoms with E-state index in [1.807, 2.05) is 11.3 Å². The zero-order valence-corrected chi connectivity index (χ0v) is 22.6. The first kappa shape index (κ1) is 23.0. The van der Waals surface area contributed by atoms with Gasteiger partial charge in [0.25, 0.3) is 0 Å². The van der Waals surface area contributed by atoms with E-state index in [1.54, 1.807) is 0 Å². The van der Waals surface area contributed by atoms with Crippen LogP contribution >= 0.6 is 11.3 Å². The second-order valence-electron chi connectivity index (χ2n) is 10.1. The normalized spacial score (nSPS) is 11.5. The minimum Gasteiger partial charge on any atom is -0.309 e. The van der Waals surface area contributed by atoms with Gasteiger partial charge in [-0.1, -0.05) is 133 Å². The van der Waals surface area contributed by atoms with Gasteiger partial charge in [-0.05, 0) is 34.9 Å². The highest BCUT2D eigenvalue weighted by molar-refractivity contribution is 7.21. The molecule has 2 heteroatoms. The Bertz CT molecular complexity index is 2140. The molecule has 2 aromatic heterocycles. The maximum atomic E-state index is 2.46. The third-order valence-electron chi connectivity index (χ3n) is 7.82. The van der Waals surface area contributed by atoms with Crippen molar-refractivity contribution in [2.24, 2.45) is 0 Å². The molecule has 0 atom stereocenters. The molecule has 8 rings (SSSR count). The van der Waals surface area contributed by atoms with Gasteiger partial charge in [0.05, 0.1) is 11.0 Å². The fourth-order valence-electron chi connectivity index (χ4n) is 6.07. The van der Waals surface area contributed by atoms with Crippen LogP contribution < -0.4 is 0 Å². The van der Waals surface area contributed by atoms with E-state index < -0.39 is 0 Å². The van der Waals surface area contributed by atoms with Crippen molar-refractivity contribution in [3.63, 3.8) is 0 Å². The summed E-state index contributed by atoms with van der Waals surface area (Å²) in [4.78, 5) is 2.61. The molecule has 0 saturated heterocycles. The molecule has 0 saturated carbocycles. The van der Waals surface area contributed by atoms with Gasteiger partial charge in [0, 0.05) is 42.6 Å². The molecule has 2 heterocycles. The first-order chi connectivity index (χ1) is 19.9. The maximum absolute atomic E-state index is 2.46. The van der Waals surface area contributed by atoms with Gasteiger partial charge in [0.2, 0.25) is 0 Å². The van der Waals surface area contributed by atoms with Gasteiger partial charge in [0.15, 0.2) is 0 Å². The smallest absolute Gasteiger partial charge is 0.0634 e. The summed E-state index contributed by atoms with van der Waals surface area (Å²) in [5, 5.41) is 5.13. The summed E-state index contributed by atoms with van der Waals surface area (Å²) < 4.78 is 2.46. The van der Waals surface area contributed by atoms with Crippen LogP contribution in [0.5, 0.6) is 0 Å². The first-order valence-corrected chi connectivity index (χ1v) is 14.4. The summed E-state index contributed by atoms with van der Waals surface area (Å²) >= 11 is 1.90. The molecular formula is C38H25NS. The molecule has 0 radical (unpaired) electrons. The van der Waals surface area contributed by atoms with Crippen molar-refractivity contribution in [1.82, 2.24) is 4.57 Å². The Kier molecular flexibility index (Phi) is 5.39. The minimum atomic E-state index is 1.17. The molecule has 188 valence electrons. The van der Waals surface area contributed by atoms with Gasteiger partial charge < -0.3 is 4.57 Å². The minimum absolute atomic E-state index is 1.17. The van der Waals surface area contributed by atoms with E-state index in [0.717, 1.165) is 0 Å². The molecule has 6 aromatic carbocycles. The Labute approximate surface area is 237 Å². The summed E-state index contributed by atoms with van der Waals surface area (Å²) in [6, 6.07) is 54.7. The predicted molar refractivity (Wildman–Crippen MR) is 172 cm³/mol. The van der Waals surface area contributed by atoms with Crippen molar-refractivity contribution in [3.05, 3.63) is 152 Å². The van der Waals surface area contributed by atoms with Crippen molar-refractivity contribution in [1.29, 1.82) is 0 Å². The van der Waals surface area contributed by atoms with Crippen molar-refractivity contribution in [2.45, 2.75) is 0 Å². The SMILES string of the molecule is c1ccc(-c2ccc3c4ccccc4n(-c4ccccc4)c3c2-c2sc(-c3ccccc3)c3ccccc23)cc1. The number of nitrogens with zero attached hydrogens (tertiary/aromatic N) is 1. The van der Waals surface area contributed by atoms with E-state index in [9.17, 15) is 0 Å². The lowest BCUT2D eigenvalue weighted by Crippen LogP contribution is -1.96. The monoisotopic (exact) mass is 527 g/mol. The number of benzene rings is 6. The largest absolute Gasteiger partial charge is 0.309 e. The lowest BCUT2D eigenvalue weighted by Gasteiger charge is -2.15. The van der Waals surface area contributed by atoms with Crippen LogP contribution in [0.3, 0.4) is 0 Å². The van der Waals surface area contributed by atoms with Crippen LogP contribution in [0.4, 0.5) is 0 Å². The van der Waals surface area contributed by atoms with Crippen LogP contribution in [-0.4, -0.2) is 4.57 Å². The van der Waals surface area contributed by atoms with Crippen molar-refractivity contribution < 1.29 is 0 Å². The van der Waals surface area contributed by atoms with Crippen LogP contribution in [0.2, 0.25) is 0 Å². The van der Waals surface area contributed by atoms with Gasteiger partial charge >= 0.3 is 0 Å². The number of fused-ring (bicyclic) bond motifs is 4. The quantitative estimate of drug-likeness (QED) is 0.214. The lowest BCUT2D eigenvalue weighted by atomic mass is 9.94. The van der Waals surface area contributed by atoms with E-state index in [1.165, 1.54) is 70.3 Å². The van der Waals surface area contributed by atoms with Gasteiger partial charge in [0.1, 0.15) is 0 Å². The Morgan fingerprint density at radius 1 is 0.400 bits per heavy atom. The highest BCUT2D eigenvalue weighted by Gasteiger charge is 2.24. The molecule has 0 aliphatic heterocycles. The molecule has 0 bridgehead atoms. The highest BCUT2D eigenvalue weighted by atomic mass is 32.1. The number of hydrogen-bond donors (Lipinski definition) is 0. The number of hydrogen-bond acceptors (Lipinski definition) is 1. The Morgan fingerprint density at radius 3 is 1.65 bits per heavy atom. The van der Waals surface area contributed by atoms with Crippen LogP contribution in [0.15, 0.2) is 152 Å². The van der Waals surface area contributed by atoms with Gasteiger partial charge in [-0.25, -0.2) is 0 Å². The van der Waals surface area contributed by atoms with E-state index in [2.05, 4.69) is 156 Å². The van der Waals surface area contributed by atoms with Crippen LogP contribution in [0.1, 0.15) is 0 Å². The molecule has 0 spiro atoms. The molecule has 0 fully saturated rings. The fourth-order valence-corrected chi connectivity index (χ4v) is 7.41. The van der Waals surface area contributed by atoms with Gasteiger partial charge in [-0.2, -0.15) is 0 Å². The third kappa shape index (κ3) is 3.54. The Balaban J connectivity index is 1.59. The van der Waals surface area contributed by atoms with E-state index in [0.29, 0.717) is 0 Å². The van der Waals surface area contributed by atoms with Crippen LogP contribution in [0, 0.1) is 0 Å². The summed E-state index contributed by atoms with van der Waals surface area (Å²) in [5.74, 6) is 0. The standard InChI is InChI=1S/C38H25NS/c1-4-14-26(15-5-1)29-24-25-31-30-20-12-13-23-34(30)39(28-18-8-3-9-19-28)36(31)35(29)38-33-22-11-10-21-32(33)37(40-38)27-16-6-2-7-17-27/h1-25H. The Hall–Kier alpha value is -4.92. The molecule has 0 amide bonds. The lowest BCUT2D eigenvalue weighted by molar-refractivity contribution is 1.18. The van der Waals surface area contributed by atoms with Gasteiger partial charge in [-0.3, -0.25) is 0 Å². The summed E-state index contributed by atoms with van der Waals surface area (Å²) in [7, 11) is 0. The third-order valence-corrected chi connectivity index (χ3v) is 9.11. The number of para-hydroxylation sites is 2.